The molecule has 0 aliphatic heterocycles. The van der Waals surface area contributed by atoms with E-state index in [9.17, 15) is 5.11 Å². The van der Waals surface area contributed by atoms with Gasteiger partial charge in [0.25, 0.3) is 0 Å². The molecule has 0 aliphatic carbocycles. The lowest BCUT2D eigenvalue weighted by Gasteiger charge is -2.26. The summed E-state index contributed by atoms with van der Waals surface area (Å²) in [6.07, 6.45) is 5.54. The third-order valence-corrected chi connectivity index (χ3v) is 2.70. The zero-order valence-corrected chi connectivity index (χ0v) is 11.9. The van der Waals surface area contributed by atoms with Crippen LogP contribution in [0.4, 0.5) is 11.6 Å². The molecule has 2 aromatic heterocycles. The van der Waals surface area contributed by atoms with E-state index in [-0.39, 0.29) is 0 Å². The van der Waals surface area contributed by atoms with Gasteiger partial charge in [-0.3, -0.25) is 0 Å². The highest BCUT2D eigenvalue weighted by Crippen LogP contribution is 2.21. The predicted molar refractivity (Wildman–Crippen MR) is 76.7 cm³/mol. The summed E-state index contributed by atoms with van der Waals surface area (Å²) < 4.78 is 1.93. The van der Waals surface area contributed by atoms with Crippen LogP contribution in [0.2, 0.25) is 0 Å². The smallest absolute Gasteiger partial charge is 0.180 e. The lowest BCUT2D eigenvalue weighted by Crippen LogP contribution is -2.37. The molecule has 2 rings (SSSR count). The van der Waals surface area contributed by atoms with E-state index in [1.54, 1.807) is 20.0 Å². The fourth-order valence-electron chi connectivity index (χ4n) is 2.09. The number of hydrogen-bond acceptors (Lipinski definition) is 5. The summed E-state index contributed by atoms with van der Waals surface area (Å²) in [5.41, 5.74) is 0.00203. The number of aromatic nitrogens is 3. The number of aliphatic hydroxyl groups is 1. The minimum Gasteiger partial charge on any atom is -0.389 e. The van der Waals surface area contributed by atoms with Crippen molar-refractivity contribution in [1.29, 1.82) is 0 Å². The molecule has 0 amide bonds. The molecule has 0 saturated carbocycles. The molecule has 19 heavy (non-hydrogen) atoms. The quantitative estimate of drug-likeness (QED) is 0.853. The largest absolute Gasteiger partial charge is 0.389 e. The summed E-state index contributed by atoms with van der Waals surface area (Å²) in [4.78, 5) is 10.8. The summed E-state index contributed by atoms with van der Waals surface area (Å²) >= 11 is 0. The van der Waals surface area contributed by atoms with E-state index in [1.165, 1.54) is 0 Å². The first kappa shape index (κ1) is 13.6. The van der Waals surface area contributed by atoms with Crippen molar-refractivity contribution in [1.82, 2.24) is 14.4 Å². The standard InChI is InChI=1S/C13H21N5O/c1-5-14-10-8-18-7-6-15-11(18)12(16-10)17(4)9-13(2,3)19/h6-8,14,19H,5,9H2,1-4H3. The summed E-state index contributed by atoms with van der Waals surface area (Å²) in [5, 5.41) is 13.1. The number of nitrogens with zero attached hydrogens (tertiary/aromatic N) is 4. The first-order chi connectivity index (χ1) is 8.90. The summed E-state index contributed by atoms with van der Waals surface area (Å²) in [6.45, 7) is 6.88. The van der Waals surface area contributed by atoms with Crippen molar-refractivity contribution >= 4 is 17.3 Å². The fourth-order valence-corrected chi connectivity index (χ4v) is 2.09. The topological polar surface area (TPSA) is 65.7 Å². The molecule has 0 radical (unpaired) electrons. The third kappa shape index (κ3) is 3.14. The predicted octanol–water partition coefficient (Wildman–Crippen LogP) is 1.37. The average molecular weight is 263 g/mol. The minimum atomic E-state index is -0.784. The van der Waals surface area contributed by atoms with E-state index in [4.69, 9.17) is 0 Å². The molecule has 0 bridgehead atoms. The number of hydrogen-bond donors (Lipinski definition) is 2. The third-order valence-electron chi connectivity index (χ3n) is 2.70. The van der Waals surface area contributed by atoms with Crippen LogP contribution in [-0.4, -0.2) is 45.2 Å². The molecule has 0 aliphatic rings. The second kappa shape index (κ2) is 5.05. The first-order valence-corrected chi connectivity index (χ1v) is 6.42. The highest BCUT2D eigenvalue weighted by Gasteiger charge is 2.19. The highest BCUT2D eigenvalue weighted by atomic mass is 16.3. The zero-order valence-electron chi connectivity index (χ0n) is 11.9. The Labute approximate surface area is 113 Å². The molecule has 6 heteroatoms. The van der Waals surface area contributed by atoms with Gasteiger partial charge in [0.05, 0.1) is 11.8 Å². The van der Waals surface area contributed by atoms with Gasteiger partial charge in [-0.25, -0.2) is 9.97 Å². The van der Waals surface area contributed by atoms with Crippen LogP contribution in [0.5, 0.6) is 0 Å². The Bertz CT molecular complexity index is 558. The number of rotatable bonds is 5. The van der Waals surface area contributed by atoms with E-state index in [0.29, 0.717) is 6.54 Å². The van der Waals surface area contributed by atoms with E-state index < -0.39 is 5.60 Å². The van der Waals surface area contributed by atoms with Gasteiger partial charge < -0.3 is 19.7 Å². The molecule has 0 saturated heterocycles. The molecule has 0 spiro atoms. The Hall–Kier alpha value is -1.82. The van der Waals surface area contributed by atoms with Crippen molar-refractivity contribution in [3.05, 3.63) is 18.6 Å². The van der Waals surface area contributed by atoms with Gasteiger partial charge in [0.2, 0.25) is 0 Å². The maximum Gasteiger partial charge on any atom is 0.180 e. The van der Waals surface area contributed by atoms with E-state index in [1.807, 2.05) is 35.7 Å². The Morgan fingerprint density at radius 2 is 2.21 bits per heavy atom. The second-order valence-corrected chi connectivity index (χ2v) is 5.31. The van der Waals surface area contributed by atoms with E-state index in [0.717, 1.165) is 23.8 Å². The molecule has 0 unspecified atom stereocenters. The van der Waals surface area contributed by atoms with Crippen molar-refractivity contribution in [3.63, 3.8) is 0 Å². The van der Waals surface area contributed by atoms with Gasteiger partial charge >= 0.3 is 0 Å². The number of nitrogens with one attached hydrogen (secondary N) is 1. The monoisotopic (exact) mass is 263 g/mol. The average Bonchev–Trinajstić information content (AvgIpc) is 2.73. The van der Waals surface area contributed by atoms with E-state index >= 15 is 0 Å². The molecule has 0 atom stereocenters. The van der Waals surface area contributed by atoms with Crippen LogP contribution in [0.25, 0.3) is 5.65 Å². The van der Waals surface area contributed by atoms with Gasteiger partial charge in [0.1, 0.15) is 5.82 Å². The van der Waals surface area contributed by atoms with Gasteiger partial charge in [0.15, 0.2) is 11.5 Å². The van der Waals surface area contributed by atoms with Gasteiger partial charge in [-0.05, 0) is 20.8 Å². The highest BCUT2D eigenvalue weighted by molar-refractivity contribution is 5.66. The molecule has 6 nitrogen and oxygen atoms in total. The lowest BCUT2D eigenvalue weighted by atomic mass is 10.1. The first-order valence-electron chi connectivity index (χ1n) is 6.42. The van der Waals surface area contributed by atoms with Crippen molar-refractivity contribution in [3.8, 4) is 0 Å². The fraction of sp³-hybridized carbons (Fsp3) is 0.538. The second-order valence-electron chi connectivity index (χ2n) is 5.31. The van der Waals surface area contributed by atoms with Crippen LogP contribution < -0.4 is 10.2 Å². The van der Waals surface area contributed by atoms with Crippen molar-refractivity contribution in [2.24, 2.45) is 0 Å². The molecule has 2 aromatic rings. The number of fused-ring (bicyclic) bond motifs is 1. The maximum atomic E-state index is 9.93. The van der Waals surface area contributed by atoms with Gasteiger partial charge in [-0.1, -0.05) is 0 Å². The van der Waals surface area contributed by atoms with Gasteiger partial charge in [-0.2, -0.15) is 0 Å². The van der Waals surface area contributed by atoms with Gasteiger partial charge in [0, 0.05) is 32.5 Å². The minimum absolute atomic E-state index is 0.484. The SMILES string of the molecule is CCNc1cn2ccnc2c(N(C)CC(C)(C)O)n1. The molecular formula is C13H21N5O. The van der Waals surface area contributed by atoms with Crippen molar-refractivity contribution < 1.29 is 5.11 Å². The lowest BCUT2D eigenvalue weighted by molar-refractivity contribution is 0.0885. The Morgan fingerprint density at radius 3 is 2.84 bits per heavy atom. The summed E-state index contributed by atoms with van der Waals surface area (Å²) in [5.74, 6) is 1.55. The Balaban J connectivity index is 2.42. The molecular weight excluding hydrogens is 242 g/mol. The molecule has 0 aromatic carbocycles. The molecule has 0 fully saturated rings. The van der Waals surface area contributed by atoms with Crippen LogP contribution >= 0.6 is 0 Å². The van der Waals surface area contributed by atoms with Crippen LogP contribution in [0.3, 0.4) is 0 Å². The summed E-state index contributed by atoms with van der Waals surface area (Å²) in [6, 6.07) is 0. The molecule has 104 valence electrons. The maximum absolute atomic E-state index is 9.93. The van der Waals surface area contributed by atoms with Crippen LogP contribution in [-0.2, 0) is 0 Å². The zero-order chi connectivity index (χ0) is 14.0. The van der Waals surface area contributed by atoms with Crippen LogP contribution in [0.15, 0.2) is 18.6 Å². The van der Waals surface area contributed by atoms with Gasteiger partial charge in [-0.15, -0.1) is 0 Å². The van der Waals surface area contributed by atoms with Crippen molar-refractivity contribution in [2.75, 3.05) is 30.4 Å². The molecule has 2 heterocycles. The molecule has 2 N–H and O–H groups in total. The number of anilines is 2. The summed E-state index contributed by atoms with van der Waals surface area (Å²) in [7, 11) is 1.91. The van der Waals surface area contributed by atoms with Crippen LogP contribution in [0, 0.1) is 0 Å². The number of likely N-dealkylation sites (N-methyl/N-ethyl adjacent to an activating group) is 1. The number of imidazole rings is 1. The Kier molecular flexibility index (Phi) is 3.61. The van der Waals surface area contributed by atoms with Crippen molar-refractivity contribution in [2.45, 2.75) is 26.4 Å². The Morgan fingerprint density at radius 1 is 1.47 bits per heavy atom. The normalized spacial score (nSPS) is 11.8. The van der Waals surface area contributed by atoms with E-state index in [2.05, 4.69) is 15.3 Å². The van der Waals surface area contributed by atoms with Crippen LogP contribution in [0.1, 0.15) is 20.8 Å².